The molecule has 0 aromatic carbocycles. The van der Waals surface area contributed by atoms with Crippen molar-refractivity contribution in [3.63, 3.8) is 0 Å². The van der Waals surface area contributed by atoms with Gasteiger partial charge in [-0.05, 0) is 43.4 Å². The van der Waals surface area contributed by atoms with Crippen molar-refractivity contribution in [2.75, 3.05) is 39.6 Å². The molecular weight excluding hydrogens is 1270 g/mol. The van der Waals surface area contributed by atoms with Crippen LogP contribution in [0.1, 0.15) is 402 Å². The van der Waals surface area contributed by atoms with E-state index in [2.05, 4.69) is 48.5 Å². The second kappa shape index (κ2) is 68.5. The highest BCUT2D eigenvalue weighted by Gasteiger charge is 2.30. The van der Waals surface area contributed by atoms with Crippen molar-refractivity contribution < 1.29 is 80.2 Å². The number of carbonyl (C=O) groups is 4. The number of esters is 4. The minimum absolute atomic E-state index is 0.105. The van der Waals surface area contributed by atoms with Gasteiger partial charge in [0.2, 0.25) is 0 Å². The molecule has 0 rings (SSSR count). The zero-order valence-corrected chi connectivity index (χ0v) is 65.3. The van der Waals surface area contributed by atoms with Crippen molar-refractivity contribution in [2.24, 2.45) is 17.8 Å². The van der Waals surface area contributed by atoms with Gasteiger partial charge in [0.05, 0.1) is 26.4 Å². The Bertz CT molecular complexity index is 1890. The number of unbranched alkanes of at least 4 members (excludes halogenated alkanes) is 43. The first-order valence-electron chi connectivity index (χ1n) is 40.4. The summed E-state index contributed by atoms with van der Waals surface area (Å²) < 4.78 is 68.6. The quantitative estimate of drug-likeness (QED) is 0.0222. The lowest BCUT2D eigenvalue weighted by Crippen LogP contribution is -2.30. The van der Waals surface area contributed by atoms with Gasteiger partial charge < -0.3 is 33.8 Å². The van der Waals surface area contributed by atoms with E-state index in [1.54, 1.807) is 0 Å². The highest BCUT2D eigenvalue weighted by Crippen LogP contribution is 2.45. The molecule has 0 bridgehead atoms. The van der Waals surface area contributed by atoms with Gasteiger partial charge in [0.1, 0.15) is 19.3 Å². The first-order valence-corrected chi connectivity index (χ1v) is 43.4. The topological polar surface area (TPSA) is 237 Å². The van der Waals surface area contributed by atoms with Crippen LogP contribution < -0.4 is 0 Å². The second-order valence-electron chi connectivity index (χ2n) is 29.3. The summed E-state index contributed by atoms with van der Waals surface area (Å²) in [4.78, 5) is 72.8. The average molecular weight is 1420 g/mol. The van der Waals surface area contributed by atoms with Crippen molar-refractivity contribution >= 4 is 39.5 Å². The molecule has 0 spiro atoms. The number of rotatable bonds is 76. The van der Waals surface area contributed by atoms with Crippen molar-refractivity contribution in [3.8, 4) is 0 Å². The van der Waals surface area contributed by atoms with Gasteiger partial charge in [-0.15, -0.1) is 0 Å². The summed E-state index contributed by atoms with van der Waals surface area (Å²) in [6.45, 7) is 12.0. The monoisotopic (exact) mass is 1420 g/mol. The van der Waals surface area contributed by atoms with Gasteiger partial charge in [-0.2, -0.15) is 0 Å². The minimum Gasteiger partial charge on any atom is -0.462 e. The molecule has 97 heavy (non-hydrogen) atoms. The second-order valence-corrected chi connectivity index (χ2v) is 32.2. The van der Waals surface area contributed by atoms with E-state index in [4.69, 9.17) is 37.0 Å². The van der Waals surface area contributed by atoms with E-state index in [0.717, 1.165) is 108 Å². The van der Waals surface area contributed by atoms with Crippen LogP contribution in [0.25, 0.3) is 0 Å². The molecule has 0 saturated heterocycles. The zero-order chi connectivity index (χ0) is 71.6. The smallest absolute Gasteiger partial charge is 0.462 e. The maximum atomic E-state index is 13.1. The van der Waals surface area contributed by atoms with Crippen molar-refractivity contribution in [3.05, 3.63) is 0 Å². The van der Waals surface area contributed by atoms with Crippen LogP contribution in [-0.4, -0.2) is 96.7 Å². The molecular formula is C78H152O17P2. The molecule has 0 aliphatic carbocycles. The molecule has 0 radical (unpaired) electrons. The minimum atomic E-state index is -4.96. The van der Waals surface area contributed by atoms with Gasteiger partial charge >= 0.3 is 39.5 Å². The molecule has 0 aliphatic rings. The van der Waals surface area contributed by atoms with E-state index < -0.39 is 97.5 Å². The lowest BCUT2D eigenvalue weighted by Gasteiger charge is -2.21. The van der Waals surface area contributed by atoms with Crippen LogP contribution in [0.2, 0.25) is 0 Å². The summed E-state index contributed by atoms with van der Waals surface area (Å²) in [5, 5.41) is 10.6. The molecule has 0 aliphatic heterocycles. The van der Waals surface area contributed by atoms with Crippen LogP contribution in [0, 0.1) is 17.8 Å². The van der Waals surface area contributed by atoms with Gasteiger partial charge in [-0.3, -0.25) is 37.3 Å². The molecule has 0 aromatic rings. The number of phosphoric ester groups is 2. The van der Waals surface area contributed by atoms with E-state index in [1.165, 1.54) is 212 Å². The van der Waals surface area contributed by atoms with E-state index in [1.807, 2.05) is 0 Å². The summed E-state index contributed by atoms with van der Waals surface area (Å²) in [7, 11) is -9.91. The van der Waals surface area contributed by atoms with Crippen molar-refractivity contribution in [1.29, 1.82) is 0 Å². The predicted molar refractivity (Wildman–Crippen MR) is 395 cm³/mol. The van der Waals surface area contributed by atoms with E-state index in [0.29, 0.717) is 25.7 Å². The normalized spacial score (nSPS) is 14.3. The zero-order valence-electron chi connectivity index (χ0n) is 63.5. The van der Waals surface area contributed by atoms with Crippen LogP contribution in [-0.2, 0) is 65.4 Å². The number of aliphatic hydroxyl groups excluding tert-OH is 1. The van der Waals surface area contributed by atoms with Crippen LogP contribution in [0.3, 0.4) is 0 Å². The summed E-state index contributed by atoms with van der Waals surface area (Å²) in [5.74, 6) is 0.262. The number of phosphoric acid groups is 2. The molecule has 6 atom stereocenters. The third-order valence-electron chi connectivity index (χ3n) is 18.5. The van der Waals surface area contributed by atoms with Crippen molar-refractivity contribution in [1.82, 2.24) is 0 Å². The lowest BCUT2D eigenvalue weighted by atomic mass is 9.99. The number of hydrogen-bond donors (Lipinski definition) is 3. The fourth-order valence-electron chi connectivity index (χ4n) is 11.9. The Hall–Kier alpha value is -1.94. The fourth-order valence-corrected chi connectivity index (χ4v) is 13.5. The third kappa shape index (κ3) is 70.9. The molecule has 0 heterocycles. The maximum Gasteiger partial charge on any atom is 0.472 e. The SMILES string of the molecule is CCCCCCCCCCCC(=O)OC[C@H](COP(=O)(O)OC[C@H](O)COP(=O)(O)OC[C@@H](COC(=O)CCCCCCCCCCCCCCCCCC(C)C)OC(=O)CCCCCCCCCCCCCCCCCC(C)C)OC(=O)CCCCCCCCCCC(C)CC. The summed E-state index contributed by atoms with van der Waals surface area (Å²) in [5.41, 5.74) is 0. The molecule has 0 aromatic heterocycles. The van der Waals surface area contributed by atoms with Crippen LogP contribution >= 0.6 is 15.6 Å². The Balaban J connectivity index is 5.22. The lowest BCUT2D eigenvalue weighted by molar-refractivity contribution is -0.161. The molecule has 0 saturated carbocycles. The molecule has 0 fully saturated rings. The third-order valence-corrected chi connectivity index (χ3v) is 20.4. The van der Waals surface area contributed by atoms with E-state index in [-0.39, 0.29) is 25.7 Å². The molecule has 576 valence electrons. The average Bonchev–Trinajstić information content (AvgIpc) is 2.06. The molecule has 17 nitrogen and oxygen atoms in total. The molecule has 19 heteroatoms. The van der Waals surface area contributed by atoms with Crippen molar-refractivity contribution in [2.45, 2.75) is 420 Å². The van der Waals surface area contributed by atoms with Gasteiger partial charge in [0.15, 0.2) is 12.2 Å². The summed E-state index contributed by atoms with van der Waals surface area (Å²) >= 11 is 0. The highest BCUT2D eigenvalue weighted by molar-refractivity contribution is 7.47. The number of carbonyl (C=O) groups excluding carboxylic acids is 4. The van der Waals surface area contributed by atoms with Gasteiger partial charge in [0, 0.05) is 25.7 Å². The number of ether oxygens (including phenoxy) is 4. The van der Waals surface area contributed by atoms with Crippen LogP contribution in [0.4, 0.5) is 0 Å². The Morgan fingerprint density at radius 3 is 0.784 bits per heavy atom. The molecule has 0 amide bonds. The number of aliphatic hydroxyl groups is 1. The van der Waals surface area contributed by atoms with Gasteiger partial charge in [-0.25, -0.2) is 9.13 Å². The van der Waals surface area contributed by atoms with E-state index >= 15 is 0 Å². The summed E-state index contributed by atoms with van der Waals surface area (Å²) in [6.07, 6.45) is 55.5. The first kappa shape index (κ1) is 95.1. The van der Waals surface area contributed by atoms with Gasteiger partial charge in [-0.1, -0.05) is 350 Å². The Kier molecular flexibility index (Phi) is 67.1. The Morgan fingerprint density at radius 1 is 0.299 bits per heavy atom. The largest absolute Gasteiger partial charge is 0.472 e. The first-order chi connectivity index (χ1) is 46.8. The molecule has 3 unspecified atom stereocenters. The maximum absolute atomic E-state index is 13.1. The Labute approximate surface area is 594 Å². The molecule has 3 N–H and O–H groups in total. The summed E-state index contributed by atoms with van der Waals surface area (Å²) in [6, 6.07) is 0. The van der Waals surface area contributed by atoms with Gasteiger partial charge in [0.25, 0.3) is 0 Å². The van der Waals surface area contributed by atoms with Crippen LogP contribution in [0.5, 0.6) is 0 Å². The highest BCUT2D eigenvalue weighted by atomic mass is 31.2. The number of hydrogen-bond acceptors (Lipinski definition) is 15. The Morgan fingerprint density at radius 2 is 0.526 bits per heavy atom. The fraction of sp³-hybridized carbons (Fsp3) is 0.949. The van der Waals surface area contributed by atoms with Crippen LogP contribution in [0.15, 0.2) is 0 Å². The predicted octanol–water partition coefficient (Wildman–Crippen LogP) is 23.0. The standard InChI is InChI=1S/C78H152O17P2/c1-8-10-11-12-13-28-38-45-52-59-75(80)88-65-74(95-78(83)62-55-48-41-34-33-37-44-51-58-71(7)9-2)68-93-97(86,87)91-64-72(79)63-90-96(84,85)92-67-73(94-77(82)61-54-47-40-32-27-23-19-15-17-21-25-30-36-43-50-57-70(5)6)66-89-76(81)60-53-46-39-31-26-22-18-14-16-20-24-29-35-42-49-56-69(3)4/h69-74,79H,8-68H2,1-7H3,(H,84,85)(H,86,87)/t71?,72-,73-,74-/m1/s1. The van der Waals surface area contributed by atoms with E-state index in [9.17, 15) is 43.2 Å².